The Kier molecular flexibility index (Phi) is 3.15. The molecule has 8 heteroatoms. The maximum absolute atomic E-state index is 14.2. The minimum Gasteiger partial charge on any atom is -0.452 e. The number of fused-ring (bicyclic) bond motifs is 4. The van der Waals surface area contributed by atoms with E-state index in [0.29, 0.717) is 22.2 Å². The lowest BCUT2D eigenvalue weighted by molar-refractivity contribution is 0.379. The molecular weight excluding hydrogens is 393 g/mol. The molecule has 0 amide bonds. The number of pyridine rings is 1. The molecular formula is C14H8BrClFN3OS. The molecule has 2 aromatic rings. The third kappa shape index (κ3) is 1.96. The molecule has 22 heavy (non-hydrogen) atoms. The van der Waals surface area contributed by atoms with E-state index in [0.717, 1.165) is 10.0 Å². The van der Waals surface area contributed by atoms with Gasteiger partial charge in [0.2, 0.25) is 0 Å². The molecule has 0 bridgehead atoms. The second-order valence-electron chi connectivity index (χ2n) is 4.95. The summed E-state index contributed by atoms with van der Waals surface area (Å²) < 4.78 is 20.8. The van der Waals surface area contributed by atoms with Crippen LogP contribution >= 0.6 is 39.3 Å². The van der Waals surface area contributed by atoms with Gasteiger partial charge in [-0.3, -0.25) is 0 Å². The van der Waals surface area contributed by atoms with E-state index >= 15 is 0 Å². The summed E-state index contributed by atoms with van der Waals surface area (Å²) in [7, 11) is 0. The monoisotopic (exact) mass is 399 g/mol. The average Bonchev–Trinajstić information content (AvgIpc) is 2.85. The number of rotatable bonds is 0. The van der Waals surface area contributed by atoms with E-state index in [1.807, 2.05) is 12.1 Å². The molecule has 0 radical (unpaired) electrons. The highest BCUT2D eigenvalue weighted by atomic mass is 79.9. The van der Waals surface area contributed by atoms with E-state index in [9.17, 15) is 4.39 Å². The fourth-order valence-electron chi connectivity index (χ4n) is 2.75. The molecule has 0 fully saturated rings. The summed E-state index contributed by atoms with van der Waals surface area (Å²) in [5.41, 5.74) is 6.44. The first-order chi connectivity index (χ1) is 10.5. The first-order valence-electron chi connectivity index (χ1n) is 6.32. The number of thioether (sulfide) groups is 1. The van der Waals surface area contributed by atoms with Gasteiger partial charge in [0.1, 0.15) is 16.4 Å². The molecule has 4 nitrogen and oxygen atoms in total. The average molecular weight is 401 g/mol. The van der Waals surface area contributed by atoms with Gasteiger partial charge in [0.05, 0.1) is 0 Å². The highest BCUT2D eigenvalue weighted by molar-refractivity contribution is 9.10. The van der Waals surface area contributed by atoms with E-state index in [1.54, 1.807) is 12.1 Å². The summed E-state index contributed by atoms with van der Waals surface area (Å²) in [4.78, 5) is 8.22. The van der Waals surface area contributed by atoms with Crippen LogP contribution in [-0.2, 0) is 5.54 Å². The second kappa shape index (κ2) is 4.84. The van der Waals surface area contributed by atoms with Gasteiger partial charge in [0.25, 0.3) is 5.95 Å². The molecule has 1 aromatic carbocycles. The first kappa shape index (κ1) is 14.3. The van der Waals surface area contributed by atoms with E-state index in [4.69, 9.17) is 22.1 Å². The fraction of sp³-hybridized carbons (Fsp3) is 0.143. The Morgan fingerprint density at radius 3 is 2.91 bits per heavy atom. The van der Waals surface area contributed by atoms with Crippen LogP contribution in [0.2, 0.25) is 5.15 Å². The summed E-state index contributed by atoms with van der Waals surface area (Å²) in [5.74, 6) is 0.399. The van der Waals surface area contributed by atoms with Gasteiger partial charge in [-0.1, -0.05) is 39.3 Å². The topological polar surface area (TPSA) is 60.5 Å². The van der Waals surface area contributed by atoms with Crippen LogP contribution in [0, 0.1) is 5.95 Å². The predicted molar refractivity (Wildman–Crippen MR) is 88.3 cm³/mol. The van der Waals surface area contributed by atoms with Crippen molar-refractivity contribution in [3.05, 3.63) is 51.0 Å². The Bertz CT molecular complexity index is 847. The first-order valence-corrected chi connectivity index (χ1v) is 8.48. The third-order valence-corrected chi connectivity index (χ3v) is 5.31. The van der Waals surface area contributed by atoms with Crippen LogP contribution in [0.5, 0.6) is 11.5 Å². The molecule has 1 atom stereocenters. The Labute approximate surface area is 143 Å². The lowest BCUT2D eigenvalue weighted by Gasteiger charge is -2.34. The number of hydrogen-bond acceptors (Lipinski definition) is 5. The fourth-order valence-corrected chi connectivity index (χ4v) is 4.25. The van der Waals surface area contributed by atoms with Gasteiger partial charge >= 0.3 is 0 Å². The summed E-state index contributed by atoms with van der Waals surface area (Å²) in [6, 6.07) is 7.10. The van der Waals surface area contributed by atoms with E-state index in [-0.39, 0.29) is 10.9 Å². The normalized spacial score (nSPS) is 22.0. The minimum atomic E-state index is -0.811. The van der Waals surface area contributed by atoms with Gasteiger partial charge in [-0.2, -0.15) is 4.39 Å². The minimum absolute atomic E-state index is 0.0540. The van der Waals surface area contributed by atoms with Gasteiger partial charge in [0.15, 0.2) is 10.9 Å². The second-order valence-corrected chi connectivity index (χ2v) is 7.25. The van der Waals surface area contributed by atoms with Crippen LogP contribution in [0.4, 0.5) is 4.39 Å². The van der Waals surface area contributed by atoms with Gasteiger partial charge in [-0.15, -0.1) is 0 Å². The molecule has 2 N–H and O–H groups in total. The molecule has 0 saturated heterocycles. The van der Waals surface area contributed by atoms with E-state index in [1.165, 1.54) is 11.8 Å². The quantitative estimate of drug-likeness (QED) is 0.678. The number of hydrogen-bond donors (Lipinski definition) is 1. The van der Waals surface area contributed by atoms with Crippen molar-refractivity contribution in [1.29, 1.82) is 0 Å². The van der Waals surface area contributed by atoms with Crippen molar-refractivity contribution in [3.8, 4) is 11.5 Å². The zero-order chi connectivity index (χ0) is 15.5. The van der Waals surface area contributed by atoms with Gasteiger partial charge in [-0.25, -0.2) is 9.98 Å². The molecule has 4 rings (SSSR count). The molecule has 2 aliphatic heterocycles. The number of halogens is 3. The van der Waals surface area contributed by atoms with Crippen molar-refractivity contribution >= 4 is 44.5 Å². The van der Waals surface area contributed by atoms with E-state index < -0.39 is 11.5 Å². The lowest BCUT2D eigenvalue weighted by atomic mass is 9.82. The number of ether oxygens (including phenoxy) is 1. The largest absolute Gasteiger partial charge is 0.452 e. The lowest BCUT2D eigenvalue weighted by Crippen LogP contribution is -2.31. The number of aromatic nitrogens is 1. The van der Waals surface area contributed by atoms with Crippen LogP contribution < -0.4 is 10.5 Å². The summed E-state index contributed by atoms with van der Waals surface area (Å²) >= 11 is 10.8. The number of nitrogens with two attached hydrogens (primary N) is 1. The molecule has 112 valence electrons. The zero-order valence-electron chi connectivity index (χ0n) is 10.9. The molecule has 0 saturated carbocycles. The number of amidine groups is 1. The Balaban J connectivity index is 2.08. The highest BCUT2D eigenvalue weighted by Crippen LogP contribution is 2.54. The number of aliphatic imine (C=N–C) groups is 1. The van der Waals surface area contributed by atoms with Gasteiger partial charge in [-0.05, 0) is 24.3 Å². The van der Waals surface area contributed by atoms with Crippen molar-refractivity contribution in [3.63, 3.8) is 0 Å². The van der Waals surface area contributed by atoms with Gasteiger partial charge in [0, 0.05) is 21.4 Å². The zero-order valence-corrected chi connectivity index (χ0v) is 14.1. The smallest absolute Gasteiger partial charge is 0.257 e. The summed E-state index contributed by atoms with van der Waals surface area (Å²) in [6.45, 7) is 0. The third-order valence-electron chi connectivity index (χ3n) is 3.68. The Morgan fingerprint density at radius 2 is 2.18 bits per heavy atom. The van der Waals surface area contributed by atoms with Gasteiger partial charge < -0.3 is 10.5 Å². The number of nitrogens with zero attached hydrogens (tertiary/aromatic N) is 2. The van der Waals surface area contributed by atoms with Crippen molar-refractivity contribution in [2.75, 3.05) is 5.75 Å². The van der Waals surface area contributed by atoms with Crippen LogP contribution in [0.25, 0.3) is 0 Å². The highest BCUT2D eigenvalue weighted by Gasteiger charge is 2.47. The van der Waals surface area contributed by atoms with Crippen LogP contribution in [0.1, 0.15) is 11.1 Å². The van der Waals surface area contributed by atoms with Crippen LogP contribution in [0.3, 0.4) is 0 Å². The summed E-state index contributed by atoms with van der Waals surface area (Å²) in [5, 5.41) is 0.510. The maximum Gasteiger partial charge on any atom is 0.257 e. The SMILES string of the molecule is NC1=NC2(CS1)c1cc(Br)ccc1Oc1c2cc(Cl)nc1F. The molecule has 1 spiro atoms. The van der Waals surface area contributed by atoms with Crippen molar-refractivity contribution in [2.45, 2.75) is 5.54 Å². The standard InChI is InChI=1S/C14H8BrClFN3OS/c15-6-1-2-9-7(3-6)14(5-22-13(18)20-14)8-4-10(16)19-12(17)11(8)21-9/h1-4H,5H2,(H2,18,20). The van der Waals surface area contributed by atoms with Crippen molar-refractivity contribution < 1.29 is 9.13 Å². The predicted octanol–water partition coefficient (Wildman–Crippen LogP) is 4.05. The molecule has 1 aromatic heterocycles. The molecule has 0 aliphatic carbocycles. The number of benzene rings is 1. The summed E-state index contributed by atoms with van der Waals surface area (Å²) in [6.07, 6.45) is 0. The Morgan fingerprint density at radius 1 is 1.36 bits per heavy atom. The molecule has 2 aliphatic rings. The molecule has 3 heterocycles. The van der Waals surface area contributed by atoms with Crippen LogP contribution in [0.15, 0.2) is 33.7 Å². The van der Waals surface area contributed by atoms with Crippen LogP contribution in [-0.4, -0.2) is 15.9 Å². The maximum atomic E-state index is 14.2. The van der Waals surface area contributed by atoms with Crippen molar-refractivity contribution in [2.24, 2.45) is 10.7 Å². The van der Waals surface area contributed by atoms with Crippen molar-refractivity contribution in [1.82, 2.24) is 4.98 Å². The van der Waals surface area contributed by atoms with E-state index in [2.05, 4.69) is 25.9 Å². The Hall–Kier alpha value is -1.31. The molecule has 1 unspecified atom stereocenters.